The van der Waals surface area contributed by atoms with Crippen molar-refractivity contribution >= 4 is 50.7 Å². The lowest BCUT2D eigenvalue weighted by Gasteiger charge is -2.18. The number of nitrogens with one attached hydrogen (secondary N) is 1. The Hall–Kier alpha value is -0.320. The third kappa shape index (κ3) is 3.91. The highest BCUT2D eigenvalue weighted by Crippen LogP contribution is 2.32. The number of halogens is 5. The van der Waals surface area contributed by atoms with Crippen molar-refractivity contribution in [3.8, 4) is 0 Å². The van der Waals surface area contributed by atoms with Crippen LogP contribution in [0.25, 0.3) is 0 Å². The zero-order valence-corrected chi connectivity index (χ0v) is 14.9. The minimum atomic E-state index is -0.426. The van der Waals surface area contributed by atoms with Crippen LogP contribution in [0.1, 0.15) is 17.2 Å². The molecule has 0 spiro atoms. The Balaban J connectivity index is 2.32. The Morgan fingerprint density at radius 1 is 1.14 bits per heavy atom. The highest BCUT2D eigenvalue weighted by Gasteiger charge is 2.18. The number of rotatable bonds is 4. The molecule has 1 unspecified atom stereocenters. The fourth-order valence-electron chi connectivity index (χ4n) is 2.08. The lowest BCUT2D eigenvalue weighted by Crippen LogP contribution is -2.20. The first-order valence-electron chi connectivity index (χ1n) is 6.18. The van der Waals surface area contributed by atoms with Crippen LogP contribution < -0.4 is 5.32 Å². The second-order valence-electron chi connectivity index (χ2n) is 4.56. The normalized spacial score (nSPS) is 12.5. The van der Waals surface area contributed by atoms with E-state index in [1.54, 1.807) is 31.3 Å². The molecule has 0 saturated carbocycles. The zero-order chi connectivity index (χ0) is 15.6. The molecule has 0 aliphatic heterocycles. The van der Waals surface area contributed by atoms with Crippen molar-refractivity contribution < 1.29 is 4.39 Å². The van der Waals surface area contributed by atoms with E-state index in [0.29, 0.717) is 26.5 Å². The quantitative estimate of drug-likeness (QED) is 0.604. The average Bonchev–Trinajstić information content (AvgIpc) is 2.47. The molecule has 2 rings (SSSR count). The molecule has 0 aromatic heterocycles. The highest BCUT2D eigenvalue weighted by molar-refractivity contribution is 9.10. The van der Waals surface area contributed by atoms with Gasteiger partial charge in [0.2, 0.25) is 0 Å². The van der Waals surface area contributed by atoms with E-state index in [0.717, 1.165) is 5.56 Å². The summed E-state index contributed by atoms with van der Waals surface area (Å²) in [6, 6.07) is 8.62. The standard InChI is InChI=1S/C15H12BrCl3FN/c1-21-13(7-8-2-5-11(17)12(18)6-8)9-3-4-10(16)14(19)15(9)20/h2-6,13,21H,7H2,1H3. The molecule has 2 aromatic rings. The Morgan fingerprint density at radius 2 is 1.86 bits per heavy atom. The molecular weight excluding hydrogens is 399 g/mol. The Kier molecular flexibility index (Phi) is 5.92. The van der Waals surface area contributed by atoms with Crippen molar-refractivity contribution in [2.75, 3.05) is 7.05 Å². The molecule has 6 heteroatoms. The summed E-state index contributed by atoms with van der Waals surface area (Å²) in [5.41, 5.74) is 1.47. The summed E-state index contributed by atoms with van der Waals surface area (Å²) in [5.74, 6) is -0.426. The molecule has 1 atom stereocenters. The van der Waals surface area contributed by atoms with Crippen molar-refractivity contribution in [1.29, 1.82) is 0 Å². The van der Waals surface area contributed by atoms with Crippen LogP contribution in [0.15, 0.2) is 34.8 Å². The zero-order valence-electron chi connectivity index (χ0n) is 11.1. The maximum atomic E-state index is 14.3. The molecule has 2 aromatic carbocycles. The summed E-state index contributed by atoms with van der Waals surface area (Å²) in [4.78, 5) is 0. The van der Waals surface area contributed by atoms with Crippen molar-refractivity contribution in [3.63, 3.8) is 0 Å². The number of benzene rings is 2. The molecule has 0 bridgehead atoms. The fraction of sp³-hybridized carbons (Fsp3) is 0.200. The predicted molar refractivity (Wildman–Crippen MR) is 91.1 cm³/mol. The number of hydrogen-bond acceptors (Lipinski definition) is 1. The van der Waals surface area contributed by atoms with Gasteiger partial charge in [-0.15, -0.1) is 0 Å². The summed E-state index contributed by atoms with van der Waals surface area (Å²) in [6.07, 6.45) is 0.572. The molecule has 0 heterocycles. The van der Waals surface area contributed by atoms with E-state index >= 15 is 0 Å². The monoisotopic (exact) mass is 409 g/mol. The van der Waals surface area contributed by atoms with E-state index < -0.39 is 5.82 Å². The highest BCUT2D eigenvalue weighted by atomic mass is 79.9. The van der Waals surface area contributed by atoms with Crippen LogP contribution in [0.2, 0.25) is 15.1 Å². The molecule has 0 amide bonds. The SMILES string of the molecule is CNC(Cc1ccc(Cl)c(Cl)c1)c1ccc(Br)c(Cl)c1F. The summed E-state index contributed by atoms with van der Waals surface area (Å²) in [7, 11) is 1.78. The van der Waals surface area contributed by atoms with E-state index in [1.807, 2.05) is 6.07 Å². The summed E-state index contributed by atoms with van der Waals surface area (Å²) in [5, 5.41) is 4.17. The predicted octanol–water partition coefficient (Wildman–Crippen LogP) is 6.05. The molecule has 0 saturated heterocycles. The largest absolute Gasteiger partial charge is 0.313 e. The van der Waals surface area contributed by atoms with Crippen LogP contribution in [-0.2, 0) is 6.42 Å². The van der Waals surface area contributed by atoms with Crippen LogP contribution in [0.5, 0.6) is 0 Å². The van der Waals surface area contributed by atoms with Crippen molar-refractivity contribution in [2.24, 2.45) is 0 Å². The van der Waals surface area contributed by atoms with Gasteiger partial charge in [0.25, 0.3) is 0 Å². The molecule has 0 fully saturated rings. The lowest BCUT2D eigenvalue weighted by molar-refractivity contribution is 0.534. The minimum Gasteiger partial charge on any atom is -0.313 e. The maximum absolute atomic E-state index is 14.3. The van der Waals surface area contributed by atoms with Gasteiger partial charge < -0.3 is 5.32 Å². The third-order valence-electron chi connectivity index (χ3n) is 3.21. The van der Waals surface area contributed by atoms with Gasteiger partial charge in [-0.05, 0) is 53.2 Å². The van der Waals surface area contributed by atoms with Crippen molar-refractivity contribution in [1.82, 2.24) is 5.32 Å². The summed E-state index contributed by atoms with van der Waals surface area (Å²) < 4.78 is 14.8. The smallest absolute Gasteiger partial charge is 0.147 e. The van der Waals surface area contributed by atoms with Gasteiger partial charge in [0.15, 0.2) is 0 Å². The Morgan fingerprint density at radius 3 is 2.48 bits per heavy atom. The van der Waals surface area contributed by atoms with Gasteiger partial charge in [-0.2, -0.15) is 0 Å². The van der Waals surface area contributed by atoms with Gasteiger partial charge in [-0.3, -0.25) is 0 Å². The minimum absolute atomic E-state index is 0.0851. The van der Waals surface area contributed by atoms with Crippen LogP contribution >= 0.6 is 50.7 Å². The number of likely N-dealkylation sites (N-methyl/N-ethyl adjacent to an activating group) is 1. The van der Waals surface area contributed by atoms with Crippen LogP contribution in [0.3, 0.4) is 0 Å². The van der Waals surface area contributed by atoms with Gasteiger partial charge >= 0.3 is 0 Å². The third-order valence-corrected chi connectivity index (χ3v) is 5.21. The molecule has 1 N–H and O–H groups in total. The van der Waals surface area contributed by atoms with E-state index in [1.165, 1.54) is 0 Å². The molecule has 21 heavy (non-hydrogen) atoms. The molecular formula is C15H12BrCl3FN. The molecule has 0 aliphatic carbocycles. The first-order valence-corrected chi connectivity index (χ1v) is 8.11. The summed E-state index contributed by atoms with van der Waals surface area (Å²) in [6.45, 7) is 0. The van der Waals surface area contributed by atoms with Crippen LogP contribution in [0.4, 0.5) is 4.39 Å². The Labute approximate surface area is 146 Å². The van der Waals surface area contributed by atoms with E-state index in [2.05, 4.69) is 21.2 Å². The van der Waals surface area contributed by atoms with E-state index in [-0.39, 0.29) is 11.1 Å². The van der Waals surface area contributed by atoms with Crippen molar-refractivity contribution in [3.05, 3.63) is 66.8 Å². The fourth-order valence-corrected chi connectivity index (χ4v) is 2.88. The van der Waals surface area contributed by atoms with Crippen LogP contribution in [0, 0.1) is 5.82 Å². The molecule has 1 nitrogen and oxygen atoms in total. The Bertz CT molecular complexity index is 664. The van der Waals surface area contributed by atoms with Gasteiger partial charge in [-0.25, -0.2) is 4.39 Å². The molecule has 0 aliphatic rings. The van der Waals surface area contributed by atoms with E-state index in [4.69, 9.17) is 34.8 Å². The van der Waals surface area contributed by atoms with Gasteiger partial charge in [-0.1, -0.05) is 46.9 Å². The lowest BCUT2D eigenvalue weighted by atomic mass is 9.98. The van der Waals surface area contributed by atoms with E-state index in [9.17, 15) is 4.39 Å². The maximum Gasteiger partial charge on any atom is 0.147 e. The van der Waals surface area contributed by atoms with Crippen molar-refractivity contribution in [2.45, 2.75) is 12.5 Å². The molecule has 0 radical (unpaired) electrons. The van der Waals surface area contributed by atoms with Gasteiger partial charge in [0, 0.05) is 16.1 Å². The first kappa shape index (κ1) is 17.0. The average molecular weight is 412 g/mol. The topological polar surface area (TPSA) is 12.0 Å². The first-order chi connectivity index (χ1) is 9.93. The summed E-state index contributed by atoms with van der Waals surface area (Å²) >= 11 is 21.1. The number of hydrogen-bond donors (Lipinski definition) is 1. The van der Waals surface area contributed by atoms with Gasteiger partial charge in [0.1, 0.15) is 5.82 Å². The van der Waals surface area contributed by atoms with Gasteiger partial charge in [0.05, 0.1) is 15.1 Å². The second-order valence-corrected chi connectivity index (χ2v) is 6.61. The molecule has 112 valence electrons. The van der Waals surface area contributed by atoms with Crippen LogP contribution in [-0.4, -0.2) is 7.05 Å². The second kappa shape index (κ2) is 7.30.